The maximum absolute atomic E-state index is 12.9. The second-order valence-corrected chi connectivity index (χ2v) is 9.36. The highest BCUT2D eigenvalue weighted by Gasteiger charge is 2.27. The van der Waals surface area contributed by atoms with Gasteiger partial charge in [0.1, 0.15) is 5.60 Å². The van der Waals surface area contributed by atoms with Crippen LogP contribution in [0.2, 0.25) is 0 Å². The first-order chi connectivity index (χ1) is 15.1. The van der Waals surface area contributed by atoms with Crippen molar-refractivity contribution in [3.8, 4) is 0 Å². The third kappa shape index (κ3) is 4.40. The first-order valence-corrected chi connectivity index (χ1v) is 11.1. The monoisotopic (exact) mass is 437 g/mol. The molecule has 8 heteroatoms. The second-order valence-electron chi connectivity index (χ2n) is 9.36. The number of piperazine rings is 1. The number of aryl methyl sites for hydroxylation is 2. The van der Waals surface area contributed by atoms with Gasteiger partial charge in [-0.1, -0.05) is 12.1 Å². The van der Waals surface area contributed by atoms with Gasteiger partial charge in [0.2, 0.25) is 5.91 Å². The van der Waals surface area contributed by atoms with E-state index in [1.165, 1.54) is 0 Å². The summed E-state index contributed by atoms with van der Waals surface area (Å²) < 4.78 is 7.32. The molecule has 0 atom stereocenters. The molecule has 1 aromatic carbocycles. The quantitative estimate of drug-likeness (QED) is 0.626. The van der Waals surface area contributed by atoms with Crippen LogP contribution in [0, 0.1) is 13.8 Å². The van der Waals surface area contributed by atoms with E-state index in [1.807, 2.05) is 68.3 Å². The number of carbonyl (C=O) groups excluding carboxylic acids is 2. The van der Waals surface area contributed by atoms with Crippen LogP contribution in [-0.4, -0.2) is 68.2 Å². The topological polar surface area (TPSA) is 80.0 Å². The van der Waals surface area contributed by atoms with E-state index in [9.17, 15) is 9.59 Å². The third-order valence-corrected chi connectivity index (χ3v) is 5.89. The van der Waals surface area contributed by atoms with E-state index >= 15 is 0 Å². The highest BCUT2D eigenvalue weighted by atomic mass is 16.6. The molecule has 4 rings (SSSR count). The molecular weight excluding hydrogens is 406 g/mol. The lowest BCUT2D eigenvalue weighted by Gasteiger charge is -2.35. The number of ether oxygens (including phenoxy) is 1. The van der Waals surface area contributed by atoms with Crippen LogP contribution >= 0.6 is 0 Å². The van der Waals surface area contributed by atoms with Gasteiger partial charge in [0.25, 0.3) is 0 Å². The van der Waals surface area contributed by atoms with Crippen molar-refractivity contribution >= 4 is 28.6 Å². The van der Waals surface area contributed by atoms with Crippen molar-refractivity contribution in [2.45, 2.75) is 53.1 Å². The van der Waals surface area contributed by atoms with E-state index in [2.05, 4.69) is 0 Å². The molecule has 2 aromatic heterocycles. The summed E-state index contributed by atoms with van der Waals surface area (Å²) in [5.41, 5.74) is 4.26. The fraction of sp³-hybridized carbons (Fsp3) is 0.500. The second kappa shape index (κ2) is 8.41. The van der Waals surface area contributed by atoms with Gasteiger partial charge in [0.05, 0.1) is 5.52 Å². The van der Waals surface area contributed by atoms with Crippen molar-refractivity contribution in [3.05, 3.63) is 41.2 Å². The van der Waals surface area contributed by atoms with Gasteiger partial charge in [-0.3, -0.25) is 4.79 Å². The number of benzene rings is 1. The summed E-state index contributed by atoms with van der Waals surface area (Å²) in [4.78, 5) is 33.4. The van der Waals surface area contributed by atoms with Crippen LogP contribution in [0.3, 0.4) is 0 Å². The summed E-state index contributed by atoms with van der Waals surface area (Å²) in [6.45, 7) is 11.6. The van der Waals surface area contributed by atoms with Crippen LogP contribution in [-0.2, 0) is 16.0 Å². The molecule has 1 aliphatic heterocycles. The predicted molar refractivity (Wildman–Crippen MR) is 123 cm³/mol. The minimum absolute atomic E-state index is 0.0957. The lowest BCUT2D eigenvalue weighted by molar-refractivity contribution is -0.132. The first kappa shape index (κ1) is 22.0. The Morgan fingerprint density at radius 3 is 2.38 bits per heavy atom. The molecule has 3 heterocycles. The van der Waals surface area contributed by atoms with Crippen molar-refractivity contribution in [3.63, 3.8) is 0 Å². The van der Waals surface area contributed by atoms with E-state index in [0.717, 1.165) is 33.5 Å². The number of fused-ring (bicyclic) bond motifs is 3. The Hall–Kier alpha value is -3.16. The van der Waals surface area contributed by atoms with Gasteiger partial charge in [0, 0.05) is 49.4 Å². The van der Waals surface area contributed by atoms with Gasteiger partial charge < -0.3 is 14.5 Å². The molecule has 0 saturated carbocycles. The summed E-state index contributed by atoms with van der Waals surface area (Å²) >= 11 is 0. The standard InChI is InChI=1S/C24H31N5O3/c1-16-18(17(2)29-22(25-16)19-8-6-7-9-20(19)26-29)10-11-21(30)27-12-14-28(15-13-27)23(31)32-24(3,4)5/h6-9H,10-15H2,1-5H3. The van der Waals surface area contributed by atoms with E-state index in [0.29, 0.717) is 39.0 Å². The van der Waals surface area contributed by atoms with Crippen LogP contribution in [0.15, 0.2) is 24.3 Å². The molecule has 170 valence electrons. The molecule has 1 aliphatic rings. The first-order valence-electron chi connectivity index (χ1n) is 11.1. The van der Waals surface area contributed by atoms with Crippen LogP contribution in [0.5, 0.6) is 0 Å². The maximum Gasteiger partial charge on any atom is 0.410 e. The lowest BCUT2D eigenvalue weighted by Crippen LogP contribution is -2.51. The van der Waals surface area contributed by atoms with Crippen molar-refractivity contribution in [2.75, 3.05) is 26.2 Å². The Balaban J connectivity index is 1.40. The Labute approximate surface area is 188 Å². The largest absolute Gasteiger partial charge is 0.444 e. The molecule has 0 aliphatic carbocycles. The fourth-order valence-corrected chi connectivity index (χ4v) is 4.19. The number of hydrogen-bond acceptors (Lipinski definition) is 5. The lowest BCUT2D eigenvalue weighted by atomic mass is 10.1. The summed E-state index contributed by atoms with van der Waals surface area (Å²) in [7, 11) is 0. The molecular formula is C24H31N5O3. The average Bonchev–Trinajstić information content (AvgIpc) is 3.11. The number of nitrogens with zero attached hydrogens (tertiary/aromatic N) is 5. The third-order valence-electron chi connectivity index (χ3n) is 5.89. The molecule has 0 unspecified atom stereocenters. The predicted octanol–water partition coefficient (Wildman–Crippen LogP) is 3.51. The van der Waals surface area contributed by atoms with E-state index in [-0.39, 0.29) is 12.0 Å². The Morgan fingerprint density at radius 1 is 1.03 bits per heavy atom. The maximum atomic E-state index is 12.9. The molecule has 2 amide bonds. The van der Waals surface area contributed by atoms with E-state index < -0.39 is 5.60 Å². The van der Waals surface area contributed by atoms with Gasteiger partial charge >= 0.3 is 6.09 Å². The molecule has 0 N–H and O–H groups in total. The van der Waals surface area contributed by atoms with Gasteiger partial charge in [-0.25, -0.2) is 14.3 Å². The summed E-state index contributed by atoms with van der Waals surface area (Å²) in [6.07, 6.45) is 0.700. The number of carbonyl (C=O) groups is 2. The molecule has 0 radical (unpaired) electrons. The SMILES string of the molecule is Cc1nc2c3ccccc3nn2c(C)c1CCC(=O)N1CCN(C(=O)OC(C)(C)C)CC1. The van der Waals surface area contributed by atoms with Crippen molar-refractivity contribution in [1.82, 2.24) is 24.4 Å². The van der Waals surface area contributed by atoms with Gasteiger partial charge in [-0.15, -0.1) is 0 Å². The summed E-state index contributed by atoms with van der Waals surface area (Å²) in [5, 5.41) is 5.72. The molecule has 32 heavy (non-hydrogen) atoms. The van der Waals surface area contributed by atoms with Gasteiger partial charge in [-0.05, 0) is 58.7 Å². The Kier molecular flexibility index (Phi) is 5.79. The van der Waals surface area contributed by atoms with Gasteiger partial charge in [0.15, 0.2) is 5.65 Å². The zero-order chi connectivity index (χ0) is 23.0. The highest BCUT2D eigenvalue weighted by Crippen LogP contribution is 2.23. The number of rotatable bonds is 3. The van der Waals surface area contributed by atoms with Crippen LogP contribution in [0.25, 0.3) is 16.6 Å². The molecule has 0 spiro atoms. The smallest absolute Gasteiger partial charge is 0.410 e. The minimum Gasteiger partial charge on any atom is -0.444 e. The van der Waals surface area contributed by atoms with E-state index in [4.69, 9.17) is 14.8 Å². The number of aromatic nitrogens is 3. The molecule has 8 nitrogen and oxygen atoms in total. The zero-order valence-corrected chi connectivity index (χ0v) is 19.5. The summed E-state index contributed by atoms with van der Waals surface area (Å²) in [5.74, 6) is 0.0957. The molecule has 1 saturated heterocycles. The van der Waals surface area contributed by atoms with Gasteiger partial charge in [-0.2, -0.15) is 5.10 Å². The number of hydrogen-bond donors (Lipinski definition) is 0. The molecule has 3 aromatic rings. The summed E-state index contributed by atoms with van der Waals surface area (Å²) in [6, 6.07) is 7.98. The molecule has 0 bridgehead atoms. The highest BCUT2D eigenvalue weighted by molar-refractivity contribution is 5.92. The minimum atomic E-state index is -0.519. The van der Waals surface area contributed by atoms with Crippen LogP contribution in [0.4, 0.5) is 4.79 Å². The van der Waals surface area contributed by atoms with Crippen LogP contribution in [0.1, 0.15) is 44.1 Å². The fourth-order valence-electron chi connectivity index (χ4n) is 4.19. The average molecular weight is 438 g/mol. The molecule has 1 fully saturated rings. The van der Waals surface area contributed by atoms with Crippen molar-refractivity contribution < 1.29 is 14.3 Å². The normalized spacial score (nSPS) is 14.9. The Morgan fingerprint density at radius 2 is 1.69 bits per heavy atom. The zero-order valence-electron chi connectivity index (χ0n) is 19.5. The number of amides is 2. The van der Waals surface area contributed by atoms with Crippen molar-refractivity contribution in [2.24, 2.45) is 0 Å². The van der Waals surface area contributed by atoms with Crippen molar-refractivity contribution in [1.29, 1.82) is 0 Å². The van der Waals surface area contributed by atoms with E-state index in [1.54, 1.807) is 4.90 Å². The Bertz CT molecular complexity index is 1170. The van der Waals surface area contributed by atoms with Crippen LogP contribution < -0.4 is 0 Å².